The highest BCUT2D eigenvalue weighted by Gasteiger charge is 2.22. The third kappa shape index (κ3) is 4.05. The van der Waals surface area contributed by atoms with Crippen molar-refractivity contribution in [1.82, 2.24) is 0 Å². The number of aliphatic hydroxyl groups is 2. The Hall–Kier alpha value is -0.900. The molecular weight excluding hydrogens is 250 g/mol. The number of hydrogen-bond donors (Lipinski definition) is 3. The van der Waals surface area contributed by atoms with Crippen molar-refractivity contribution in [2.45, 2.75) is 51.2 Å². The first-order valence-electron chi connectivity index (χ1n) is 7.75. The van der Waals surface area contributed by atoms with Crippen LogP contribution in [0, 0.1) is 11.8 Å². The highest BCUT2D eigenvalue weighted by atomic mass is 16.3. The maximum Gasteiger partial charge on any atom is 0.0827 e. The monoisotopic (exact) mass is 277 g/mol. The molecule has 0 saturated heterocycles. The fraction of sp³-hybridized carbons (Fsp3) is 0.647. The Morgan fingerprint density at radius 3 is 2.80 bits per heavy atom. The van der Waals surface area contributed by atoms with Gasteiger partial charge in [0.2, 0.25) is 0 Å². The van der Waals surface area contributed by atoms with Gasteiger partial charge in [-0.1, -0.05) is 31.2 Å². The van der Waals surface area contributed by atoms with Gasteiger partial charge in [-0.05, 0) is 61.6 Å². The van der Waals surface area contributed by atoms with Gasteiger partial charge in [0.1, 0.15) is 0 Å². The van der Waals surface area contributed by atoms with Gasteiger partial charge in [0.05, 0.1) is 12.2 Å². The molecule has 2 unspecified atom stereocenters. The second-order valence-corrected chi connectivity index (χ2v) is 6.27. The van der Waals surface area contributed by atoms with Crippen molar-refractivity contribution in [3.05, 3.63) is 35.4 Å². The van der Waals surface area contributed by atoms with Gasteiger partial charge in [0, 0.05) is 0 Å². The minimum Gasteiger partial charge on any atom is -0.393 e. The Morgan fingerprint density at radius 1 is 1.35 bits per heavy atom. The minimum atomic E-state index is -0.478. The number of rotatable bonds is 6. The topological polar surface area (TPSA) is 66.5 Å². The lowest BCUT2D eigenvalue weighted by Crippen LogP contribution is -2.18. The van der Waals surface area contributed by atoms with E-state index in [2.05, 4.69) is 12.1 Å². The second kappa shape index (κ2) is 7.21. The average molecular weight is 277 g/mol. The fourth-order valence-corrected chi connectivity index (χ4v) is 3.07. The third-order valence-corrected chi connectivity index (χ3v) is 4.56. The van der Waals surface area contributed by atoms with E-state index in [1.807, 2.05) is 19.1 Å². The standard InChI is InChI=1S/C17H27NO2/c1-12(11-18)17(20)15-4-2-3-13(9-15)5-6-14-7-8-16(19)10-14/h2-4,9,12,14,16-17,19-20H,5-8,10-11,18H2,1H3/t12-,14?,16?,17-/m1/s1. The van der Waals surface area contributed by atoms with E-state index >= 15 is 0 Å². The molecular formula is C17H27NO2. The Kier molecular flexibility index (Phi) is 5.58. The van der Waals surface area contributed by atoms with Crippen molar-refractivity contribution in [1.29, 1.82) is 0 Å². The summed E-state index contributed by atoms with van der Waals surface area (Å²) in [5.41, 5.74) is 7.85. The van der Waals surface area contributed by atoms with Crippen LogP contribution >= 0.6 is 0 Å². The molecule has 0 bridgehead atoms. The van der Waals surface area contributed by atoms with Gasteiger partial charge in [-0.3, -0.25) is 0 Å². The number of hydrogen-bond acceptors (Lipinski definition) is 3. The first-order valence-corrected chi connectivity index (χ1v) is 7.75. The summed E-state index contributed by atoms with van der Waals surface area (Å²) in [6, 6.07) is 8.21. The molecule has 1 aromatic carbocycles. The first-order chi connectivity index (χ1) is 9.60. The summed E-state index contributed by atoms with van der Waals surface area (Å²) in [4.78, 5) is 0. The summed E-state index contributed by atoms with van der Waals surface area (Å²) in [5, 5.41) is 19.8. The van der Waals surface area contributed by atoms with Crippen LogP contribution in [0.5, 0.6) is 0 Å². The van der Waals surface area contributed by atoms with Crippen LogP contribution in [0.1, 0.15) is 49.8 Å². The number of aryl methyl sites for hydroxylation is 1. The van der Waals surface area contributed by atoms with Gasteiger partial charge >= 0.3 is 0 Å². The molecule has 20 heavy (non-hydrogen) atoms. The van der Waals surface area contributed by atoms with Crippen LogP contribution in [-0.4, -0.2) is 22.9 Å². The van der Waals surface area contributed by atoms with Crippen LogP contribution < -0.4 is 5.73 Å². The molecule has 0 amide bonds. The summed E-state index contributed by atoms with van der Waals surface area (Å²) < 4.78 is 0. The van der Waals surface area contributed by atoms with Crippen LogP contribution in [0.3, 0.4) is 0 Å². The molecule has 1 aliphatic rings. The molecule has 1 saturated carbocycles. The lowest BCUT2D eigenvalue weighted by atomic mass is 9.93. The van der Waals surface area contributed by atoms with Crippen molar-refractivity contribution in [3.63, 3.8) is 0 Å². The zero-order valence-corrected chi connectivity index (χ0v) is 12.3. The Bertz CT molecular complexity index is 421. The average Bonchev–Trinajstić information content (AvgIpc) is 2.89. The number of benzene rings is 1. The number of aliphatic hydroxyl groups excluding tert-OH is 2. The molecule has 4 N–H and O–H groups in total. The van der Waals surface area contributed by atoms with Gasteiger partial charge < -0.3 is 15.9 Å². The van der Waals surface area contributed by atoms with Crippen LogP contribution in [0.4, 0.5) is 0 Å². The van der Waals surface area contributed by atoms with Crippen LogP contribution in [0.25, 0.3) is 0 Å². The molecule has 3 heteroatoms. The molecule has 0 aliphatic heterocycles. The van der Waals surface area contributed by atoms with E-state index < -0.39 is 6.10 Å². The lowest BCUT2D eigenvalue weighted by molar-refractivity contribution is 0.121. The lowest BCUT2D eigenvalue weighted by Gasteiger charge is -2.18. The first kappa shape index (κ1) is 15.5. The SMILES string of the molecule is C[C@H](CN)[C@@H](O)c1cccc(CCC2CCC(O)C2)c1. The summed E-state index contributed by atoms with van der Waals surface area (Å²) in [7, 11) is 0. The summed E-state index contributed by atoms with van der Waals surface area (Å²) >= 11 is 0. The normalized spacial score (nSPS) is 25.6. The van der Waals surface area contributed by atoms with Crippen molar-refractivity contribution in [2.75, 3.05) is 6.54 Å². The van der Waals surface area contributed by atoms with Crippen LogP contribution in [-0.2, 0) is 6.42 Å². The van der Waals surface area contributed by atoms with Crippen molar-refractivity contribution in [2.24, 2.45) is 17.6 Å². The van der Waals surface area contributed by atoms with E-state index in [-0.39, 0.29) is 12.0 Å². The predicted molar refractivity (Wildman–Crippen MR) is 81.3 cm³/mol. The van der Waals surface area contributed by atoms with E-state index in [4.69, 9.17) is 5.73 Å². The predicted octanol–water partition coefficient (Wildman–Crippen LogP) is 2.41. The van der Waals surface area contributed by atoms with Crippen LogP contribution in [0.15, 0.2) is 24.3 Å². The van der Waals surface area contributed by atoms with Crippen molar-refractivity contribution >= 4 is 0 Å². The van der Waals surface area contributed by atoms with E-state index in [0.717, 1.165) is 37.7 Å². The van der Waals surface area contributed by atoms with E-state index in [1.54, 1.807) is 0 Å². The van der Waals surface area contributed by atoms with Crippen LogP contribution in [0.2, 0.25) is 0 Å². The molecule has 1 fully saturated rings. The van der Waals surface area contributed by atoms with Gasteiger partial charge in [0.25, 0.3) is 0 Å². The molecule has 4 atom stereocenters. The Morgan fingerprint density at radius 2 is 2.15 bits per heavy atom. The molecule has 0 heterocycles. The molecule has 1 aliphatic carbocycles. The maximum atomic E-state index is 10.2. The van der Waals surface area contributed by atoms with Gasteiger partial charge in [-0.15, -0.1) is 0 Å². The van der Waals surface area contributed by atoms with Crippen molar-refractivity contribution in [3.8, 4) is 0 Å². The fourth-order valence-electron chi connectivity index (χ4n) is 3.07. The van der Waals surface area contributed by atoms with E-state index in [9.17, 15) is 10.2 Å². The minimum absolute atomic E-state index is 0.0789. The Balaban J connectivity index is 1.92. The maximum absolute atomic E-state index is 10.2. The van der Waals surface area contributed by atoms with Gasteiger partial charge in [0.15, 0.2) is 0 Å². The molecule has 3 nitrogen and oxygen atoms in total. The molecule has 0 radical (unpaired) electrons. The molecule has 0 spiro atoms. The zero-order valence-electron chi connectivity index (χ0n) is 12.3. The molecule has 112 valence electrons. The van der Waals surface area contributed by atoms with E-state index in [1.165, 1.54) is 5.56 Å². The molecule has 1 aromatic rings. The smallest absolute Gasteiger partial charge is 0.0827 e. The molecule has 0 aromatic heterocycles. The highest BCUT2D eigenvalue weighted by Crippen LogP contribution is 2.30. The third-order valence-electron chi connectivity index (χ3n) is 4.56. The Labute approximate surface area is 121 Å². The highest BCUT2D eigenvalue weighted by molar-refractivity contribution is 5.25. The summed E-state index contributed by atoms with van der Waals surface area (Å²) in [6.45, 7) is 2.46. The van der Waals surface area contributed by atoms with E-state index in [0.29, 0.717) is 12.5 Å². The second-order valence-electron chi connectivity index (χ2n) is 6.27. The number of nitrogens with two attached hydrogens (primary N) is 1. The largest absolute Gasteiger partial charge is 0.393 e. The van der Waals surface area contributed by atoms with Crippen molar-refractivity contribution < 1.29 is 10.2 Å². The quantitative estimate of drug-likeness (QED) is 0.748. The van der Waals surface area contributed by atoms with Gasteiger partial charge in [-0.2, -0.15) is 0 Å². The zero-order chi connectivity index (χ0) is 14.5. The summed E-state index contributed by atoms with van der Waals surface area (Å²) in [5.74, 6) is 0.733. The summed E-state index contributed by atoms with van der Waals surface area (Å²) in [6.07, 6.45) is 4.64. The van der Waals surface area contributed by atoms with Gasteiger partial charge in [-0.25, -0.2) is 0 Å². The molecule has 2 rings (SSSR count).